The molecule has 0 saturated carbocycles. The summed E-state index contributed by atoms with van der Waals surface area (Å²) in [7, 11) is 0. The van der Waals surface area contributed by atoms with Crippen LogP contribution in [0.5, 0.6) is 0 Å². The molecule has 0 saturated heterocycles. The van der Waals surface area contributed by atoms with Crippen molar-refractivity contribution >= 4 is 27.0 Å². The minimum Gasteiger partial charge on any atom is -0.441 e. The van der Waals surface area contributed by atoms with Crippen molar-refractivity contribution in [1.29, 1.82) is 0 Å². The number of aromatic nitrogens is 1. The molecule has 2 nitrogen and oxygen atoms in total. The van der Waals surface area contributed by atoms with E-state index in [4.69, 9.17) is 4.42 Å². The fraction of sp³-hybridized carbons (Fsp3) is 0.611. The number of benzene rings is 1. The third kappa shape index (κ3) is 5.82. The first-order valence-electron chi connectivity index (χ1n) is 8.28. The minimum atomic E-state index is 0.473. The Morgan fingerprint density at radius 3 is 2.52 bits per heavy atom. The lowest BCUT2D eigenvalue weighted by molar-refractivity contribution is 0.509. The van der Waals surface area contributed by atoms with Crippen LogP contribution in [0.1, 0.15) is 64.2 Å². The summed E-state index contributed by atoms with van der Waals surface area (Å²) in [5, 5.41) is 0. The molecule has 3 heteroatoms. The molecule has 116 valence electrons. The zero-order valence-corrected chi connectivity index (χ0v) is 14.6. The molecule has 0 bridgehead atoms. The van der Waals surface area contributed by atoms with E-state index in [2.05, 4.69) is 27.8 Å². The summed E-state index contributed by atoms with van der Waals surface area (Å²) in [6, 6.07) is 7.97. The van der Waals surface area contributed by atoms with Gasteiger partial charge in [0.15, 0.2) is 11.5 Å². The van der Waals surface area contributed by atoms with Crippen molar-refractivity contribution in [3.63, 3.8) is 0 Å². The molecule has 0 spiro atoms. The number of rotatable bonds is 10. The summed E-state index contributed by atoms with van der Waals surface area (Å²) in [6.07, 6.45) is 11.6. The van der Waals surface area contributed by atoms with Crippen LogP contribution in [0.4, 0.5) is 0 Å². The molecule has 21 heavy (non-hydrogen) atoms. The van der Waals surface area contributed by atoms with Gasteiger partial charge in [0.05, 0.1) is 0 Å². The van der Waals surface area contributed by atoms with E-state index >= 15 is 0 Å². The van der Waals surface area contributed by atoms with Crippen LogP contribution in [0.3, 0.4) is 0 Å². The van der Waals surface area contributed by atoms with Gasteiger partial charge in [0, 0.05) is 11.2 Å². The molecule has 1 heterocycles. The number of unbranched alkanes of at least 4 members (excludes halogenated alkanes) is 6. The Balaban J connectivity index is 1.64. The van der Waals surface area contributed by atoms with Crippen LogP contribution >= 0.6 is 15.9 Å². The second-order valence-electron chi connectivity index (χ2n) is 5.79. The molecule has 0 amide bonds. The number of hydrogen-bond acceptors (Lipinski definition) is 2. The molecule has 1 aromatic heterocycles. The minimum absolute atomic E-state index is 0.473. The van der Waals surface area contributed by atoms with Crippen molar-refractivity contribution in [2.24, 2.45) is 0 Å². The first kappa shape index (κ1) is 16.5. The van der Waals surface area contributed by atoms with E-state index in [1.807, 2.05) is 24.3 Å². The average Bonchev–Trinajstić information content (AvgIpc) is 2.88. The maximum Gasteiger partial charge on any atom is 0.196 e. The first-order chi connectivity index (χ1) is 10.3. The molecule has 1 unspecified atom stereocenters. The summed E-state index contributed by atoms with van der Waals surface area (Å²) >= 11 is 3.77. The van der Waals surface area contributed by atoms with Crippen LogP contribution in [0.25, 0.3) is 11.1 Å². The van der Waals surface area contributed by atoms with Gasteiger partial charge in [-0.15, -0.1) is 0 Å². The number of alkyl halides is 1. The quantitative estimate of drug-likeness (QED) is 0.372. The van der Waals surface area contributed by atoms with Gasteiger partial charge in [-0.3, -0.25) is 0 Å². The SMILES string of the molecule is CCCCCCCCCC(Br)Cc1nc2ccccc2o1. The Hall–Kier alpha value is -0.830. The summed E-state index contributed by atoms with van der Waals surface area (Å²) < 4.78 is 5.77. The third-order valence-corrected chi connectivity index (χ3v) is 4.64. The zero-order valence-electron chi connectivity index (χ0n) is 13.0. The van der Waals surface area contributed by atoms with Crippen LogP contribution in [0.2, 0.25) is 0 Å². The van der Waals surface area contributed by atoms with Gasteiger partial charge < -0.3 is 4.42 Å². The topological polar surface area (TPSA) is 26.0 Å². The lowest BCUT2D eigenvalue weighted by Crippen LogP contribution is -2.02. The molecule has 0 radical (unpaired) electrons. The van der Waals surface area contributed by atoms with Gasteiger partial charge in [-0.2, -0.15) is 0 Å². The summed E-state index contributed by atoms with van der Waals surface area (Å²) in [5.74, 6) is 0.848. The van der Waals surface area contributed by atoms with Crippen LogP contribution in [0, 0.1) is 0 Å². The molecular weight excluding hydrogens is 326 g/mol. The lowest BCUT2D eigenvalue weighted by atomic mass is 10.1. The first-order valence-corrected chi connectivity index (χ1v) is 9.19. The Morgan fingerprint density at radius 2 is 1.76 bits per heavy atom. The van der Waals surface area contributed by atoms with E-state index in [1.54, 1.807) is 0 Å². The zero-order chi connectivity index (χ0) is 14.9. The molecule has 1 aromatic carbocycles. The fourth-order valence-corrected chi connectivity index (χ4v) is 3.22. The van der Waals surface area contributed by atoms with E-state index in [0.29, 0.717) is 4.83 Å². The highest BCUT2D eigenvalue weighted by atomic mass is 79.9. The second-order valence-corrected chi connectivity index (χ2v) is 7.08. The third-order valence-electron chi connectivity index (χ3n) is 3.86. The number of para-hydroxylation sites is 2. The van der Waals surface area contributed by atoms with Gasteiger partial charge in [0.2, 0.25) is 0 Å². The monoisotopic (exact) mass is 351 g/mol. The number of fused-ring (bicyclic) bond motifs is 1. The van der Waals surface area contributed by atoms with Crippen LogP contribution in [0.15, 0.2) is 28.7 Å². The van der Waals surface area contributed by atoms with Crippen molar-refractivity contribution in [1.82, 2.24) is 4.98 Å². The molecule has 0 aliphatic rings. The predicted molar refractivity (Wildman–Crippen MR) is 93.0 cm³/mol. The number of nitrogens with zero attached hydrogens (tertiary/aromatic N) is 1. The van der Waals surface area contributed by atoms with Crippen LogP contribution < -0.4 is 0 Å². The second kappa shape index (κ2) is 9.24. The molecule has 0 fully saturated rings. The normalized spacial score (nSPS) is 12.9. The molecule has 0 aliphatic heterocycles. The molecular formula is C18H26BrNO. The summed E-state index contributed by atoms with van der Waals surface area (Å²) in [4.78, 5) is 5.01. The average molecular weight is 352 g/mol. The van der Waals surface area contributed by atoms with Gasteiger partial charge >= 0.3 is 0 Å². The van der Waals surface area contributed by atoms with Crippen LogP contribution in [-0.4, -0.2) is 9.81 Å². The van der Waals surface area contributed by atoms with E-state index < -0.39 is 0 Å². The van der Waals surface area contributed by atoms with Gasteiger partial charge in [-0.25, -0.2) is 4.98 Å². The Bertz CT molecular complexity index is 490. The summed E-state index contributed by atoms with van der Waals surface area (Å²) in [6.45, 7) is 2.27. The van der Waals surface area contributed by atoms with Crippen molar-refractivity contribution in [3.8, 4) is 0 Å². The van der Waals surface area contributed by atoms with Crippen molar-refractivity contribution in [3.05, 3.63) is 30.2 Å². The number of hydrogen-bond donors (Lipinski definition) is 0. The largest absolute Gasteiger partial charge is 0.441 e. The number of oxazole rings is 1. The van der Waals surface area contributed by atoms with Gasteiger partial charge in [-0.1, -0.05) is 79.9 Å². The molecule has 2 rings (SSSR count). The maximum atomic E-state index is 5.77. The Labute approximate surface area is 136 Å². The van der Waals surface area contributed by atoms with E-state index in [1.165, 1.54) is 51.4 Å². The van der Waals surface area contributed by atoms with Crippen molar-refractivity contribution in [2.75, 3.05) is 0 Å². The highest BCUT2D eigenvalue weighted by Crippen LogP contribution is 2.20. The predicted octanol–water partition coefficient (Wildman–Crippen LogP) is 6.27. The molecule has 0 aliphatic carbocycles. The molecule has 0 N–H and O–H groups in total. The van der Waals surface area contributed by atoms with Crippen molar-refractivity contribution in [2.45, 2.75) is 69.5 Å². The van der Waals surface area contributed by atoms with Gasteiger partial charge in [0.1, 0.15) is 5.52 Å². The lowest BCUT2D eigenvalue weighted by Gasteiger charge is -2.07. The van der Waals surface area contributed by atoms with E-state index in [0.717, 1.165) is 23.4 Å². The van der Waals surface area contributed by atoms with Crippen LogP contribution in [-0.2, 0) is 6.42 Å². The number of halogens is 1. The Morgan fingerprint density at radius 1 is 1.05 bits per heavy atom. The highest BCUT2D eigenvalue weighted by Gasteiger charge is 2.11. The van der Waals surface area contributed by atoms with Gasteiger partial charge in [0.25, 0.3) is 0 Å². The van der Waals surface area contributed by atoms with Gasteiger partial charge in [-0.05, 0) is 18.6 Å². The standard InChI is InChI=1S/C18H26BrNO/c1-2-3-4-5-6-7-8-11-15(19)14-18-20-16-12-9-10-13-17(16)21-18/h9-10,12-13,15H,2-8,11,14H2,1H3. The Kier molecular flexibility index (Phi) is 7.28. The van der Waals surface area contributed by atoms with E-state index in [-0.39, 0.29) is 0 Å². The van der Waals surface area contributed by atoms with Crippen molar-refractivity contribution < 1.29 is 4.42 Å². The maximum absolute atomic E-state index is 5.77. The fourth-order valence-electron chi connectivity index (χ4n) is 2.62. The van der Waals surface area contributed by atoms with E-state index in [9.17, 15) is 0 Å². The summed E-state index contributed by atoms with van der Waals surface area (Å²) in [5.41, 5.74) is 1.85. The highest BCUT2D eigenvalue weighted by molar-refractivity contribution is 9.09. The molecule has 2 aromatic rings. The molecule has 1 atom stereocenters. The smallest absolute Gasteiger partial charge is 0.196 e.